The zero-order valence-electron chi connectivity index (χ0n) is 6.68. The molecule has 64 valence electrons. The van der Waals surface area contributed by atoms with Crippen molar-refractivity contribution in [1.82, 2.24) is 10.1 Å². The van der Waals surface area contributed by atoms with Crippen LogP contribution in [0.25, 0.3) is 0 Å². The molecule has 0 amide bonds. The van der Waals surface area contributed by atoms with Crippen LogP contribution in [-0.2, 0) is 0 Å². The normalized spacial score (nSPS) is 22.5. The zero-order chi connectivity index (χ0) is 8.43. The van der Waals surface area contributed by atoms with Crippen LogP contribution in [0.4, 0.5) is 0 Å². The van der Waals surface area contributed by atoms with Gasteiger partial charge in [0.1, 0.15) is 13.0 Å². The molecule has 0 saturated carbocycles. The Bertz CT molecular complexity index is 160. The number of aliphatic hydroxyl groups excluding tert-OH is 1. The van der Waals surface area contributed by atoms with Crippen LogP contribution in [0.5, 0.6) is 0 Å². The van der Waals surface area contributed by atoms with Gasteiger partial charge in [0, 0.05) is 0 Å². The lowest BCUT2D eigenvalue weighted by atomic mass is 10.2. The van der Waals surface area contributed by atoms with Crippen molar-refractivity contribution in [2.75, 3.05) is 6.67 Å². The number of rotatable bonds is 2. The SMILES string of the molecule is CC(O)C(C)N1CN(O)C=N1. The van der Waals surface area contributed by atoms with Crippen LogP contribution in [-0.4, -0.2) is 45.5 Å². The van der Waals surface area contributed by atoms with Gasteiger partial charge >= 0.3 is 0 Å². The summed E-state index contributed by atoms with van der Waals surface area (Å²) in [5, 5.41) is 24.5. The third-order valence-electron chi connectivity index (χ3n) is 1.79. The van der Waals surface area contributed by atoms with E-state index < -0.39 is 6.10 Å². The Morgan fingerprint density at radius 3 is 2.55 bits per heavy atom. The van der Waals surface area contributed by atoms with Gasteiger partial charge in [-0.1, -0.05) is 0 Å². The average molecular weight is 159 g/mol. The van der Waals surface area contributed by atoms with Crippen molar-refractivity contribution in [2.24, 2.45) is 5.10 Å². The summed E-state index contributed by atoms with van der Waals surface area (Å²) < 4.78 is 0. The number of aliphatic hydroxyl groups is 1. The molecule has 1 heterocycles. The quantitative estimate of drug-likeness (QED) is 0.579. The molecule has 2 N–H and O–H groups in total. The number of hydrogen-bond donors (Lipinski definition) is 2. The lowest BCUT2D eigenvalue weighted by Gasteiger charge is -2.24. The summed E-state index contributed by atoms with van der Waals surface area (Å²) in [4.78, 5) is 0. The highest BCUT2D eigenvalue weighted by atomic mass is 16.5. The first-order chi connectivity index (χ1) is 5.11. The monoisotopic (exact) mass is 159 g/mol. The van der Waals surface area contributed by atoms with Crippen molar-refractivity contribution in [3.63, 3.8) is 0 Å². The van der Waals surface area contributed by atoms with E-state index in [0.29, 0.717) is 6.67 Å². The van der Waals surface area contributed by atoms with Gasteiger partial charge < -0.3 is 5.11 Å². The molecule has 0 spiro atoms. The van der Waals surface area contributed by atoms with E-state index in [1.165, 1.54) is 6.34 Å². The molecular weight excluding hydrogens is 146 g/mol. The minimum Gasteiger partial charge on any atom is -0.391 e. The molecule has 11 heavy (non-hydrogen) atoms. The maximum absolute atomic E-state index is 9.15. The van der Waals surface area contributed by atoms with Gasteiger partial charge in [-0.05, 0) is 13.8 Å². The van der Waals surface area contributed by atoms with Crippen molar-refractivity contribution in [2.45, 2.75) is 26.0 Å². The van der Waals surface area contributed by atoms with E-state index in [1.54, 1.807) is 11.9 Å². The maximum atomic E-state index is 9.15. The van der Waals surface area contributed by atoms with Crippen LogP contribution in [0.1, 0.15) is 13.8 Å². The fourth-order valence-electron chi connectivity index (χ4n) is 0.830. The highest BCUT2D eigenvalue weighted by molar-refractivity contribution is 5.54. The highest BCUT2D eigenvalue weighted by Crippen LogP contribution is 2.08. The first kappa shape index (κ1) is 8.29. The molecule has 0 aromatic carbocycles. The molecule has 2 atom stereocenters. The number of hydrazone groups is 1. The largest absolute Gasteiger partial charge is 0.391 e. The molecule has 1 aliphatic heterocycles. The smallest absolute Gasteiger partial charge is 0.138 e. The zero-order valence-corrected chi connectivity index (χ0v) is 6.68. The molecule has 0 fully saturated rings. The minimum absolute atomic E-state index is 0.0663. The number of nitrogens with zero attached hydrogens (tertiary/aromatic N) is 3. The predicted molar refractivity (Wildman–Crippen MR) is 40.0 cm³/mol. The van der Waals surface area contributed by atoms with Crippen LogP contribution in [0, 0.1) is 0 Å². The van der Waals surface area contributed by atoms with E-state index in [0.717, 1.165) is 5.06 Å². The summed E-state index contributed by atoms with van der Waals surface area (Å²) in [6.45, 7) is 3.87. The van der Waals surface area contributed by atoms with Crippen LogP contribution in [0.15, 0.2) is 5.10 Å². The fraction of sp³-hybridized carbons (Fsp3) is 0.833. The summed E-state index contributed by atoms with van der Waals surface area (Å²) in [5.41, 5.74) is 0. The van der Waals surface area contributed by atoms with Crippen molar-refractivity contribution >= 4 is 6.34 Å². The number of hydrogen-bond acceptors (Lipinski definition) is 5. The molecule has 0 saturated heterocycles. The lowest BCUT2D eigenvalue weighted by molar-refractivity contribution is -0.0499. The Kier molecular flexibility index (Phi) is 2.31. The van der Waals surface area contributed by atoms with E-state index in [9.17, 15) is 0 Å². The summed E-state index contributed by atoms with van der Waals surface area (Å²) in [6, 6.07) is -0.0663. The van der Waals surface area contributed by atoms with Crippen molar-refractivity contribution in [3.8, 4) is 0 Å². The Morgan fingerprint density at radius 2 is 2.18 bits per heavy atom. The Hall–Kier alpha value is -0.810. The summed E-state index contributed by atoms with van der Waals surface area (Å²) in [5.74, 6) is 0. The topological polar surface area (TPSA) is 59.3 Å². The fourth-order valence-corrected chi connectivity index (χ4v) is 0.830. The molecule has 2 unspecified atom stereocenters. The molecule has 1 aliphatic rings. The van der Waals surface area contributed by atoms with E-state index in [1.807, 2.05) is 6.92 Å². The van der Waals surface area contributed by atoms with Gasteiger partial charge in [0.2, 0.25) is 0 Å². The average Bonchev–Trinajstić information content (AvgIpc) is 2.34. The number of hydroxylamine groups is 2. The van der Waals surface area contributed by atoms with Gasteiger partial charge in [0.05, 0.1) is 12.1 Å². The maximum Gasteiger partial charge on any atom is 0.138 e. The van der Waals surface area contributed by atoms with Crippen LogP contribution < -0.4 is 0 Å². The molecule has 5 heteroatoms. The van der Waals surface area contributed by atoms with Gasteiger partial charge in [-0.2, -0.15) is 5.10 Å². The van der Waals surface area contributed by atoms with Gasteiger partial charge in [0.25, 0.3) is 0 Å². The molecule has 0 bridgehead atoms. The molecule has 1 rings (SSSR count). The Labute approximate surface area is 65.5 Å². The van der Waals surface area contributed by atoms with Crippen molar-refractivity contribution < 1.29 is 10.3 Å². The van der Waals surface area contributed by atoms with Crippen molar-refractivity contribution in [1.29, 1.82) is 0 Å². The van der Waals surface area contributed by atoms with E-state index >= 15 is 0 Å². The predicted octanol–water partition coefficient (Wildman–Crippen LogP) is -0.337. The van der Waals surface area contributed by atoms with Crippen LogP contribution >= 0.6 is 0 Å². The van der Waals surface area contributed by atoms with Crippen LogP contribution in [0.3, 0.4) is 0 Å². The van der Waals surface area contributed by atoms with Crippen LogP contribution in [0.2, 0.25) is 0 Å². The second-order valence-electron chi connectivity index (χ2n) is 2.73. The minimum atomic E-state index is -0.446. The van der Waals surface area contributed by atoms with E-state index in [2.05, 4.69) is 5.10 Å². The third-order valence-corrected chi connectivity index (χ3v) is 1.79. The summed E-state index contributed by atoms with van der Waals surface area (Å²) in [6.07, 6.45) is 0.873. The highest BCUT2D eigenvalue weighted by Gasteiger charge is 2.21. The molecule has 0 aromatic heterocycles. The summed E-state index contributed by atoms with van der Waals surface area (Å²) >= 11 is 0. The van der Waals surface area contributed by atoms with Gasteiger partial charge in [-0.25, -0.2) is 5.06 Å². The van der Waals surface area contributed by atoms with Gasteiger partial charge in [-0.15, -0.1) is 0 Å². The first-order valence-corrected chi connectivity index (χ1v) is 3.55. The first-order valence-electron chi connectivity index (χ1n) is 3.55. The van der Waals surface area contributed by atoms with Gasteiger partial charge in [-0.3, -0.25) is 10.2 Å². The second kappa shape index (κ2) is 3.06. The Morgan fingerprint density at radius 1 is 1.55 bits per heavy atom. The lowest BCUT2D eigenvalue weighted by Crippen LogP contribution is -2.37. The third kappa shape index (κ3) is 1.81. The molecule has 0 aliphatic carbocycles. The molecule has 5 nitrogen and oxygen atoms in total. The van der Waals surface area contributed by atoms with Crippen molar-refractivity contribution in [3.05, 3.63) is 0 Å². The molecule has 0 aromatic rings. The van der Waals surface area contributed by atoms with E-state index in [-0.39, 0.29) is 6.04 Å². The second-order valence-corrected chi connectivity index (χ2v) is 2.73. The summed E-state index contributed by atoms with van der Waals surface area (Å²) in [7, 11) is 0. The molecule has 0 radical (unpaired) electrons. The Balaban J connectivity index is 2.44. The van der Waals surface area contributed by atoms with E-state index in [4.69, 9.17) is 10.3 Å². The molecular formula is C6H13N3O2. The van der Waals surface area contributed by atoms with Gasteiger partial charge in [0.15, 0.2) is 0 Å². The standard InChI is InChI=1S/C6H13N3O2/c1-5(6(2)10)9-4-8(11)3-7-9/h3,5-6,10-11H,4H2,1-2H3.